The van der Waals surface area contributed by atoms with Crippen LogP contribution in [0.5, 0.6) is 0 Å². The van der Waals surface area contributed by atoms with Crippen LogP contribution in [-0.2, 0) is 49.6 Å². The number of hydrogen-bond acceptors (Lipinski definition) is 17. The van der Waals surface area contributed by atoms with Gasteiger partial charge in [-0.2, -0.15) is 0 Å². The summed E-state index contributed by atoms with van der Waals surface area (Å²) in [5.41, 5.74) is 39.1. The number of nitrogens with one attached hydrogen (secondary N) is 7. The number of aliphatic imine (C=N–C) groups is 1. The molecule has 0 unspecified atom stereocenters. The number of rotatable bonds is 34. The third-order valence-corrected chi connectivity index (χ3v) is 11.5. The molecule has 0 spiro atoms. The van der Waals surface area contributed by atoms with Crippen LogP contribution in [0.1, 0.15) is 83.1 Å². The number of carboxylic acid groups (broad SMARTS) is 1. The number of aromatic nitrogens is 1. The Morgan fingerprint density at radius 1 is 0.808 bits per heavy atom. The summed E-state index contributed by atoms with van der Waals surface area (Å²) in [6.45, 7) is 1.19. The van der Waals surface area contributed by atoms with Crippen LogP contribution in [-0.4, -0.2) is 173 Å². The maximum atomic E-state index is 14.2. The Morgan fingerprint density at radius 3 is 2.10 bits per heavy atom. The highest BCUT2D eigenvalue weighted by Gasteiger charge is 2.39. The van der Waals surface area contributed by atoms with E-state index in [1.165, 1.54) is 30.3 Å². The number of aliphatic hydroxyl groups excluding tert-OH is 1. The summed E-state index contributed by atoms with van der Waals surface area (Å²) in [5.74, 6) is -7.96. The number of carbonyl (C=O) groups is 9. The molecule has 28 nitrogen and oxygen atoms in total. The minimum absolute atomic E-state index is 0.0432. The van der Waals surface area contributed by atoms with Crippen LogP contribution in [0.4, 0.5) is 0 Å². The molecule has 0 saturated carbocycles. The van der Waals surface area contributed by atoms with Gasteiger partial charge in [0.25, 0.3) is 0 Å². The number of unbranched alkanes of at least 4 members (excludes halogenated alkanes) is 2. The van der Waals surface area contributed by atoms with Gasteiger partial charge in [0.1, 0.15) is 41.9 Å². The largest absolute Gasteiger partial charge is 0.477 e. The lowest BCUT2D eigenvalue weighted by Crippen LogP contribution is -2.60. The van der Waals surface area contributed by atoms with Gasteiger partial charge >= 0.3 is 5.97 Å². The predicted molar refractivity (Wildman–Crippen MR) is 267 cm³/mol. The van der Waals surface area contributed by atoms with Crippen molar-refractivity contribution in [2.75, 3.05) is 45.8 Å². The molecule has 8 amide bonds. The van der Waals surface area contributed by atoms with Gasteiger partial charge in [0.2, 0.25) is 47.3 Å². The Bertz CT molecular complexity index is 2040. The fourth-order valence-corrected chi connectivity index (χ4v) is 7.47. The first-order valence-electron chi connectivity index (χ1n) is 24.3. The van der Waals surface area contributed by atoms with Gasteiger partial charge in [0.05, 0.1) is 18.7 Å². The average Bonchev–Trinajstić information content (AvgIpc) is 3.86. The van der Waals surface area contributed by atoms with Crippen molar-refractivity contribution in [3.05, 3.63) is 41.9 Å². The van der Waals surface area contributed by atoms with E-state index in [2.05, 4.69) is 47.2 Å². The monoisotopic (exact) mass is 1030 g/mol. The highest BCUT2D eigenvalue weighted by atomic mass is 16.4. The quantitative estimate of drug-likeness (QED) is 0.0132. The molecule has 1 aliphatic heterocycles. The Morgan fingerprint density at radius 2 is 1.48 bits per heavy atom. The number of nitrogens with two attached hydrogens (primary N) is 7. The Labute approximate surface area is 423 Å². The molecule has 0 aliphatic carbocycles. The maximum Gasteiger partial charge on any atom is 0.352 e. The molecular weight excluding hydrogens is 955 g/mol. The molecule has 1 fully saturated rings. The van der Waals surface area contributed by atoms with E-state index in [0.29, 0.717) is 44.2 Å². The second-order valence-electron chi connectivity index (χ2n) is 17.3. The van der Waals surface area contributed by atoms with Crippen molar-refractivity contribution in [1.29, 1.82) is 0 Å². The van der Waals surface area contributed by atoms with Gasteiger partial charge in [-0.3, -0.25) is 48.3 Å². The number of guanidine groups is 1. The number of aliphatic hydroxyl groups is 1. The summed E-state index contributed by atoms with van der Waals surface area (Å²) in [5, 5.41) is 37.6. The first-order valence-corrected chi connectivity index (χ1v) is 24.3. The van der Waals surface area contributed by atoms with Gasteiger partial charge in [0.15, 0.2) is 5.96 Å². The van der Waals surface area contributed by atoms with Crippen LogP contribution in [0.15, 0.2) is 41.3 Å². The maximum absolute atomic E-state index is 14.2. The second kappa shape index (κ2) is 33.7. The van der Waals surface area contributed by atoms with Gasteiger partial charge in [-0.05, 0) is 102 Å². The molecule has 0 radical (unpaired) electrons. The molecular formula is C45H77N17O11. The average molecular weight is 1030 g/mol. The van der Waals surface area contributed by atoms with Crippen molar-refractivity contribution >= 4 is 59.2 Å². The second-order valence-corrected chi connectivity index (χ2v) is 17.3. The molecule has 1 saturated heterocycles. The molecule has 8 atom stereocenters. The summed E-state index contributed by atoms with van der Waals surface area (Å²) in [6, 6.07) is -5.49. The van der Waals surface area contributed by atoms with E-state index in [1.807, 2.05) is 0 Å². The van der Waals surface area contributed by atoms with Crippen molar-refractivity contribution < 1.29 is 53.4 Å². The van der Waals surface area contributed by atoms with E-state index >= 15 is 0 Å². The lowest BCUT2D eigenvalue weighted by molar-refractivity contribution is -0.142. The Balaban J connectivity index is 2.23. The minimum Gasteiger partial charge on any atom is -0.477 e. The third-order valence-electron chi connectivity index (χ3n) is 11.5. The summed E-state index contributed by atoms with van der Waals surface area (Å²) in [7, 11) is 0. The SMILES string of the molecule is C[C@H](NC(=O)[C@@H](NC(=O)[C@@H](N)CCCCN)[C@@H](O)CN)C(=O)NCC(=O)N[C@H](CCCN)C(=O)N1CCC[C@H]1C(=O)N[C@@H](Cc1cccnc1)C(=O)N[C@@H](CCCCN)C(=O)N/C(=C\CCN=C(N)N)C(=O)O. The van der Waals surface area contributed by atoms with E-state index in [9.17, 15) is 53.4 Å². The molecule has 0 aromatic carbocycles. The summed E-state index contributed by atoms with van der Waals surface area (Å²) < 4.78 is 0. The molecule has 2 heterocycles. The van der Waals surface area contributed by atoms with Gasteiger partial charge in [-0.15, -0.1) is 0 Å². The number of carbonyl (C=O) groups excluding carboxylic acids is 8. The van der Waals surface area contributed by atoms with E-state index in [4.69, 9.17) is 40.1 Å². The standard InChI is InChI=1S/C45H77N17O11/c1-26(56-42(70)36(34(63)23-49)61-38(66)28(50)11-2-4-16-46)37(65)55-25-35(64)57-30(13-6-18-48)43(71)62-21-9-15-33(62)41(69)60-32(22-27-10-7-19-53-24-27)40(68)58-29(12-3-5-17-47)39(67)59-31(44(72)73)14-8-20-54-45(51)52/h7,10,14,19,24,26,28-30,32-34,36,63H,2-6,8-9,11-13,15-18,20-23,25,46-50H2,1H3,(H,55,65)(H,56,70)(H,57,64)(H,58,68)(H,59,67)(H,60,69)(H,61,66)(H,72,73)(H4,51,52,54)/b31-14-/t26-,28-,29-,30+,32-,33-,34-,36-/m0/s1. The Hall–Kier alpha value is -6.85. The summed E-state index contributed by atoms with van der Waals surface area (Å²) in [4.78, 5) is 129. The van der Waals surface area contributed by atoms with E-state index < -0.39 is 120 Å². The number of carboxylic acids is 1. The van der Waals surface area contributed by atoms with Gasteiger partial charge in [-0.25, -0.2) is 4.79 Å². The van der Waals surface area contributed by atoms with Crippen LogP contribution < -0.4 is 77.4 Å². The number of hydrogen-bond donors (Lipinski definition) is 16. The van der Waals surface area contributed by atoms with Crippen LogP contribution >= 0.6 is 0 Å². The number of aliphatic carboxylic acids is 1. The van der Waals surface area contributed by atoms with Crippen molar-refractivity contribution in [3.63, 3.8) is 0 Å². The molecule has 73 heavy (non-hydrogen) atoms. The zero-order valence-corrected chi connectivity index (χ0v) is 41.4. The molecule has 2 rings (SSSR count). The summed E-state index contributed by atoms with van der Waals surface area (Å²) in [6.07, 6.45) is 5.86. The van der Waals surface area contributed by atoms with E-state index in [0.717, 1.165) is 0 Å². The normalized spacial score (nSPS) is 16.2. The molecule has 1 aromatic heterocycles. The molecule has 1 aliphatic rings. The van der Waals surface area contributed by atoms with Crippen molar-refractivity contribution in [3.8, 4) is 0 Å². The fraction of sp³-hybridized carbons (Fsp3) is 0.622. The molecule has 1 aromatic rings. The number of pyridine rings is 1. The van der Waals surface area contributed by atoms with Crippen LogP contribution in [0.25, 0.3) is 0 Å². The minimum atomic E-state index is -1.56. The van der Waals surface area contributed by atoms with Gasteiger partial charge < -0.3 is 92.5 Å². The zero-order chi connectivity index (χ0) is 54.5. The highest BCUT2D eigenvalue weighted by Crippen LogP contribution is 2.20. The van der Waals surface area contributed by atoms with Gasteiger partial charge in [-0.1, -0.05) is 18.6 Å². The first-order chi connectivity index (χ1) is 34.8. The number of nitrogens with zero attached hydrogens (tertiary/aromatic N) is 3. The van der Waals surface area contributed by atoms with Crippen LogP contribution in [0.3, 0.4) is 0 Å². The Kier molecular flexibility index (Phi) is 28.8. The van der Waals surface area contributed by atoms with Gasteiger partial charge in [0, 0.05) is 38.4 Å². The fourth-order valence-electron chi connectivity index (χ4n) is 7.47. The lowest BCUT2D eigenvalue weighted by atomic mass is 10.0. The molecule has 23 N–H and O–H groups in total. The number of likely N-dealkylation sites (tertiary alicyclic amines) is 1. The smallest absolute Gasteiger partial charge is 0.352 e. The van der Waals surface area contributed by atoms with Crippen molar-refractivity contribution in [2.24, 2.45) is 45.1 Å². The summed E-state index contributed by atoms with van der Waals surface area (Å²) >= 11 is 0. The van der Waals surface area contributed by atoms with E-state index in [1.54, 1.807) is 12.1 Å². The highest BCUT2D eigenvalue weighted by molar-refractivity contribution is 5.99. The van der Waals surface area contributed by atoms with E-state index in [-0.39, 0.29) is 77.1 Å². The topological polar surface area (TPSA) is 489 Å². The third kappa shape index (κ3) is 22.6. The molecule has 28 heteroatoms. The van der Waals surface area contributed by atoms with Crippen LogP contribution in [0.2, 0.25) is 0 Å². The van der Waals surface area contributed by atoms with Crippen molar-refractivity contribution in [2.45, 2.75) is 132 Å². The van der Waals surface area contributed by atoms with Crippen LogP contribution in [0, 0.1) is 0 Å². The lowest BCUT2D eigenvalue weighted by Gasteiger charge is -2.30. The first kappa shape index (κ1) is 62.3. The number of amides is 8. The zero-order valence-electron chi connectivity index (χ0n) is 41.4. The predicted octanol–water partition coefficient (Wildman–Crippen LogP) is -6.43. The molecule has 0 bridgehead atoms. The molecule has 408 valence electrons. The van der Waals surface area contributed by atoms with Crippen molar-refractivity contribution in [1.82, 2.24) is 47.1 Å².